The van der Waals surface area contributed by atoms with Crippen molar-refractivity contribution >= 4 is 17.9 Å². The van der Waals surface area contributed by atoms with E-state index < -0.39 is 11.9 Å². The summed E-state index contributed by atoms with van der Waals surface area (Å²) in [6.07, 6.45) is 0. The summed E-state index contributed by atoms with van der Waals surface area (Å²) in [7, 11) is 0. The molecule has 4 N–H and O–H groups in total. The molecule has 1 unspecified atom stereocenters. The number of nitrogens with zero attached hydrogens (tertiary/aromatic N) is 2. The van der Waals surface area contributed by atoms with E-state index in [4.69, 9.17) is 19.8 Å². The van der Waals surface area contributed by atoms with Crippen LogP contribution in [0.4, 0.5) is 0 Å². The Balaban J connectivity index is 0.000000487. The maximum Gasteiger partial charge on any atom is 0.414 e. The Morgan fingerprint density at radius 1 is 1.19 bits per heavy atom. The zero-order valence-electron chi connectivity index (χ0n) is 15.5. The van der Waals surface area contributed by atoms with E-state index in [0.29, 0.717) is 6.04 Å². The molecule has 0 amide bonds. The van der Waals surface area contributed by atoms with Crippen LogP contribution in [0.5, 0.6) is 0 Å². The monoisotopic (exact) mass is 364 g/mol. The van der Waals surface area contributed by atoms with E-state index in [1.54, 1.807) is 0 Å². The van der Waals surface area contributed by atoms with Gasteiger partial charge in [-0.15, -0.1) is 0 Å². The summed E-state index contributed by atoms with van der Waals surface area (Å²) in [6.45, 7) is 11.5. The van der Waals surface area contributed by atoms with Crippen LogP contribution >= 0.6 is 0 Å². The summed E-state index contributed by atoms with van der Waals surface area (Å²) in [6, 6.07) is 8.99. The number of aliphatic carboxylic acids is 2. The smallest absolute Gasteiger partial charge is 0.414 e. The lowest BCUT2D eigenvalue weighted by Crippen LogP contribution is -2.40. The number of carboxylic acids is 2. The molecule has 0 aliphatic carbocycles. The molecule has 1 aromatic rings. The largest absolute Gasteiger partial charge is 0.473 e. The van der Waals surface area contributed by atoms with Crippen molar-refractivity contribution in [2.75, 3.05) is 32.7 Å². The topological polar surface area (TPSA) is 114 Å². The predicted molar refractivity (Wildman–Crippen MR) is 100 cm³/mol. The van der Waals surface area contributed by atoms with Gasteiger partial charge in [-0.3, -0.25) is 4.99 Å². The van der Waals surface area contributed by atoms with Gasteiger partial charge in [-0.2, -0.15) is 0 Å². The summed E-state index contributed by atoms with van der Waals surface area (Å²) >= 11 is 0. The van der Waals surface area contributed by atoms with E-state index in [1.807, 2.05) is 0 Å². The molecule has 26 heavy (non-hydrogen) atoms. The van der Waals surface area contributed by atoms with Gasteiger partial charge in [0.1, 0.15) is 0 Å². The van der Waals surface area contributed by atoms with Gasteiger partial charge in [0.2, 0.25) is 0 Å². The molecule has 1 heterocycles. The molecule has 0 saturated carbocycles. The van der Waals surface area contributed by atoms with E-state index in [-0.39, 0.29) is 0 Å². The van der Waals surface area contributed by atoms with E-state index >= 15 is 0 Å². The van der Waals surface area contributed by atoms with Crippen molar-refractivity contribution in [3.8, 4) is 0 Å². The third-order valence-corrected chi connectivity index (χ3v) is 4.02. The number of carbonyl (C=O) groups is 2. The van der Waals surface area contributed by atoms with Crippen molar-refractivity contribution < 1.29 is 19.8 Å². The first kappa shape index (κ1) is 21.4. The number of likely N-dealkylation sites (N-methyl/N-ethyl adjacent to an activating group) is 1. The summed E-state index contributed by atoms with van der Waals surface area (Å²) in [5, 5.41) is 21.6. The van der Waals surface area contributed by atoms with Gasteiger partial charge in [0, 0.05) is 13.1 Å². The first-order chi connectivity index (χ1) is 12.4. The van der Waals surface area contributed by atoms with Crippen LogP contribution in [0, 0.1) is 6.92 Å². The molecule has 8 heteroatoms. The van der Waals surface area contributed by atoms with Gasteiger partial charge in [0.05, 0.1) is 12.6 Å². The molecule has 0 bridgehead atoms. The molecular formula is C18H28N4O4. The molecule has 0 aromatic heterocycles. The Labute approximate surface area is 153 Å². The standard InChI is InChI=1S/C16H26N4.C2H2O4/c1-4-20(5-2)11-10-17-16-18-12-15(19-16)14-8-6-13(3)7-9-14;3-1(4)2(5)6/h6-9,15H,4-5,10-12H2,1-3H3,(H2,17,18,19);(H,3,4)(H,5,6). The molecule has 0 spiro atoms. The number of guanidine groups is 1. The van der Waals surface area contributed by atoms with Crippen molar-refractivity contribution in [1.82, 2.24) is 15.5 Å². The fourth-order valence-corrected chi connectivity index (χ4v) is 2.41. The van der Waals surface area contributed by atoms with Crippen LogP contribution in [0.15, 0.2) is 29.3 Å². The molecule has 1 aliphatic rings. The van der Waals surface area contributed by atoms with Gasteiger partial charge in [0.25, 0.3) is 0 Å². The van der Waals surface area contributed by atoms with Crippen LogP contribution in [0.25, 0.3) is 0 Å². The highest BCUT2D eigenvalue weighted by molar-refractivity contribution is 6.27. The average molecular weight is 364 g/mol. The predicted octanol–water partition coefficient (Wildman–Crippen LogP) is 1.08. The van der Waals surface area contributed by atoms with Gasteiger partial charge in [-0.25, -0.2) is 9.59 Å². The molecule has 2 rings (SSSR count). The third-order valence-electron chi connectivity index (χ3n) is 4.02. The molecule has 1 atom stereocenters. The summed E-state index contributed by atoms with van der Waals surface area (Å²) in [5.74, 6) is -2.72. The van der Waals surface area contributed by atoms with E-state index in [1.165, 1.54) is 11.1 Å². The first-order valence-electron chi connectivity index (χ1n) is 8.67. The summed E-state index contributed by atoms with van der Waals surface area (Å²) in [5.41, 5.74) is 2.60. The van der Waals surface area contributed by atoms with Crippen molar-refractivity contribution in [2.24, 2.45) is 4.99 Å². The second-order valence-corrected chi connectivity index (χ2v) is 5.86. The Hall–Kier alpha value is -2.61. The number of aryl methyl sites for hydroxylation is 1. The number of carboxylic acid groups (broad SMARTS) is 2. The van der Waals surface area contributed by atoms with Crippen LogP contribution in [0.3, 0.4) is 0 Å². The quantitative estimate of drug-likeness (QED) is 0.559. The molecule has 0 saturated heterocycles. The number of nitrogens with one attached hydrogen (secondary N) is 2. The summed E-state index contributed by atoms with van der Waals surface area (Å²) < 4.78 is 0. The van der Waals surface area contributed by atoms with Crippen molar-refractivity contribution in [1.29, 1.82) is 0 Å². The zero-order valence-corrected chi connectivity index (χ0v) is 15.5. The van der Waals surface area contributed by atoms with Crippen LogP contribution in [0.2, 0.25) is 0 Å². The fraction of sp³-hybridized carbons (Fsp3) is 0.500. The summed E-state index contributed by atoms with van der Waals surface area (Å²) in [4.78, 5) is 25.1. The van der Waals surface area contributed by atoms with E-state index in [2.05, 4.69) is 65.6 Å². The number of aliphatic imine (C=N–C) groups is 1. The minimum Gasteiger partial charge on any atom is -0.473 e. The minimum absolute atomic E-state index is 0.312. The van der Waals surface area contributed by atoms with Gasteiger partial charge in [-0.1, -0.05) is 43.7 Å². The Kier molecular flexibility index (Phi) is 9.14. The molecular weight excluding hydrogens is 336 g/mol. The Bertz CT molecular complexity index is 600. The molecule has 8 nitrogen and oxygen atoms in total. The van der Waals surface area contributed by atoms with Crippen molar-refractivity contribution in [3.05, 3.63) is 35.4 Å². The molecule has 1 aliphatic heterocycles. The van der Waals surface area contributed by atoms with Crippen molar-refractivity contribution in [2.45, 2.75) is 26.8 Å². The van der Waals surface area contributed by atoms with Crippen LogP contribution < -0.4 is 10.6 Å². The molecule has 0 fully saturated rings. The number of hydrogen-bond acceptors (Lipinski definition) is 6. The fourth-order valence-electron chi connectivity index (χ4n) is 2.41. The van der Waals surface area contributed by atoms with Gasteiger partial charge in [-0.05, 0) is 25.6 Å². The molecule has 0 radical (unpaired) electrons. The lowest BCUT2D eigenvalue weighted by molar-refractivity contribution is -0.159. The highest BCUT2D eigenvalue weighted by Gasteiger charge is 2.18. The Morgan fingerprint density at radius 2 is 1.77 bits per heavy atom. The third kappa shape index (κ3) is 7.52. The van der Waals surface area contributed by atoms with E-state index in [0.717, 1.165) is 38.7 Å². The van der Waals surface area contributed by atoms with Crippen LogP contribution in [-0.4, -0.2) is 65.7 Å². The highest BCUT2D eigenvalue weighted by atomic mass is 16.4. The minimum atomic E-state index is -1.82. The van der Waals surface area contributed by atoms with Crippen LogP contribution in [-0.2, 0) is 9.59 Å². The van der Waals surface area contributed by atoms with Crippen molar-refractivity contribution in [3.63, 3.8) is 0 Å². The maximum atomic E-state index is 9.10. The van der Waals surface area contributed by atoms with Gasteiger partial charge in [0.15, 0.2) is 5.96 Å². The normalized spacial score (nSPS) is 15.5. The second-order valence-electron chi connectivity index (χ2n) is 5.86. The molecule has 144 valence electrons. The number of hydrogen-bond donors (Lipinski definition) is 4. The van der Waals surface area contributed by atoms with Gasteiger partial charge >= 0.3 is 11.9 Å². The number of rotatable bonds is 6. The molecule has 1 aromatic carbocycles. The lowest BCUT2D eigenvalue weighted by atomic mass is 10.1. The number of benzene rings is 1. The van der Waals surface area contributed by atoms with Gasteiger partial charge < -0.3 is 25.7 Å². The zero-order chi connectivity index (χ0) is 19.5. The SMILES string of the molecule is CCN(CC)CCNC1=NCC(c2ccc(C)cc2)N1.O=C(O)C(=O)O. The first-order valence-corrected chi connectivity index (χ1v) is 8.67. The second kappa shape index (κ2) is 11.1. The van der Waals surface area contributed by atoms with Crippen LogP contribution in [0.1, 0.15) is 31.0 Å². The average Bonchev–Trinajstić information content (AvgIpc) is 3.08. The highest BCUT2D eigenvalue weighted by Crippen LogP contribution is 2.17. The lowest BCUT2D eigenvalue weighted by Gasteiger charge is -2.19. The Morgan fingerprint density at radius 3 is 2.27 bits per heavy atom. The maximum absolute atomic E-state index is 9.10. The van der Waals surface area contributed by atoms with E-state index in [9.17, 15) is 0 Å².